The van der Waals surface area contributed by atoms with Crippen LogP contribution in [-0.2, 0) is 27.3 Å². The summed E-state index contributed by atoms with van der Waals surface area (Å²) in [6.07, 6.45) is 5.14. The molecule has 10 nitrogen and oxygen atoms in total. The van der Waals surface area contributed by atoms with Gasteiger partial charge in [-0.2, -0.15) is 0 Å². The fraction of sp³-hybridized carbons (Fsp3) is 0.567. The minimum absolute atomic E-state index is 0.0194. The molecule has 0 aromatic heterocycles. The number of ketones is 2. The molecule has 1 aromatic rings. The Morgan fingerprint density at radius 2 is 1.73 bits per heavy atom. The van der Waals surface area contributed by atoms with E-state index in [9.17, 15) is 34.8 Å². The Labute approximate surface area is 243 Å². The number of aliphatic hydroxyl groups excluding tert-OH is 2. The molecule has 220 valence electrons. The molecule has 1 amide bonds. The summed E-state index contributed by atoms with van der Waals surface area (Å²) in [7, 11) is 3.15. The molecule has 4 atom stereocenters. The highest BCUT2D eigenvalue weighted by Crippen LogP contribution is 2.53. The van der Waals surface area contributed by atoms with Crippen molar-refractivity contribution in [3.8, 4) is 5.75 Å². The van der Waals surface area contributed by atoms with Gasteiger partial charge in [-0.05, 0) is 87.6 Å². The number of amides is 1. The van der Waals surface area contributed by atoms with E-state index < -0.39 is 58.0 Å². The van der Waals surface area contributed by atoms with Crippen molar-refractivity contribution in [2.45, 2.75) is 56.7 Å². The van der Waals surface area contributed by atoms with Crippen LogP contribution in [-0.4, -0.2) is 86.5 Å². The molecule has 41 heavy (non-hydrogen) atoms. The van der Waals surface area contributed by atoms with E-state index in [0.29, 0.717) is 29.0 Å². The van der Waals surface area contributed by atoms with Crippen molar-refractivity contribution < 1.29 is 34.8 Å². The smallest absolute Gasteiger partial charge is 0.255 e. The summed E-state index contributed by atoms with van der Waals surface area (Å²) in [5.74, 6) is -5.39. The minimum Gasteiger partial charge on any atom is -0.508 e. The van der Waals surface area contributed by atoms with E-state index >= 15 is 0 Å². The van der Waals surface area contributed by atoms with Gasteiger partial charge in [-0.3, -0.25) is 24.2 Å². The molecule has 6 N–H and O–H groups in total. The molecule has 0 unspecified atom stereocenters. The second kappa shape index (κ2) is 9.83. The summed E-state index contributed by atoms with van der Waals surface area (Å²) in [4.78, 5) is 43.2. The molecule has 11 heteroatoms. The van der Waals surface area contributed by atoms with Gasteiger partial charge in [-0.15, -0.1) is 0 Å². The lowest BCUT2D eigenvalue weighted by Gasteiger charge is -2.50. The maximum atomic E-state index is 13.9. The van der Waals surface area contributed by atoms with Crippen molar-refractivity contribution in [1.29, 1.82) is 0 Å². The van der Waals surface area contributed by atoms with E-state index in [0.717, 1.165) is 18.7 Å². The largest absolute Gasteiger partial charge is 0.508 e. The number of hydrogen-bond donors (Lipinski definition) is 5. The van der Waals surface area contributed by atoms with Gasteiger partial charge in [-0.25, -0.2) is 0 Å². The molecule has 2 saturated carbocycles. The van der Waals surface area contributed by atoms with Crippen molar-refractivity contribution >= 4 is 34.8 Å². The van der Waals surface area contributed by atoms with Gasteiger partial charge in [0.25, 0.3) is 5.91 Å². The molecule has 1 aromatic carbocycles. The van der Waals surface area contributed by atoms with Crippen LogP contribution < -0.4 is 5.73 Å². The first-order valence-electron chi connectivity index (χ1n) is 14.2. The molecular formula is C30H36ClN3O7. The van der Waals surface area contributed by atoms with Crippen LogP contribution in [0.4, 0.5) is 0 Å². The van der Waals surface area contributed by atoms with E-state index in [2.05, 4.69) is 4.90 Å². The monoisotopic (exact) mass is 585 g/mol. The van der Waals surface area contributed by atoms with E-state index in [1.807, 2.05) is 0 Å². The number of phenols is 1. The van der Waals surface area contributed by atoms with Gasteiger partial charge in [0, 0.05) is 36.1 Å². The molecule has 6 aliphatic rings. The highest BCUT2D eigenvalue weighted by atomic mass is 35.5. The Hall–Kier alpha value is -2.92. The Morgan fingerprint density at radius 3 is 2.29 bits per heavy atom. The lowest BCUT2D eigenvalue weighted by atomic mass is 9.57. The number of likely N-dealkylation sites (N-methyl/N-ethyl adjacent to an activating group) is 1. The van der Waals surface area contributed by atoms with Crippen LogP contribution in [0.1, 0.15) is 48.8 Å². The number of primary amides is 1. The number of carbonyl (C=O) groups is 3. The van der Waals surface area contributed by atoms with Gasteiger partial charge in [0.15, 0.2) is 11.4 Å². The first-order valence-corrected chi connectivity index (χ1v) is 14.6. The van der Waals surface area contributed by atoms with E-state index in [-0.39, 0.29) is 29.7 Å². The van der Waals surface area contributed by atoms with Crippen LogP contribution >= 0.6 is 11.6 Å². The molecule has 2 aliphatic heterocycles. The van der Waals surface area contributed by atoms with Crippen molar-refractivity contribution in [2.24, 2.45) is 29.4 Å². The van der Waals surface area contributed by atoms with E-state index in [1.165, 1.54) is 36.6 Å². The van der Waals surface area contributed by atoms with Gasteiger partial charge in [0.05, 0.1) is 11.6 Å². The summed E-state index contributed by atoms with van der Waals surface area (Å²) < 4.78 is 0. The molecule has 0 radical (unpaired) electrons. The van der Waals surface area contributed by atoms with Crippen molar-refractivity contribution in [3.63, 3.8) is 0 Å². The quantitative estimate of drug-likeness (QED) is 0.333. The van der Waals surface area contributed by atoms with Crippen molar-refractivity contribution in [1.82, 2.24) is 9.80 Å². The fourth-order valence-corrected chi connectivity index (χ4v) is 8.52. The number of aliphatic hydroxyl groups is 3. The maximum Gasteiger partial charge on any atom is 0.255 e. The third kappa shape index (κ3) is 4.13. The summed E-state index contributed by atoms with van der Waals surface area (Å²) in [5, 5.41) is 45.6. The summed E-state index contributed by atoms with van der Waals surface area (Å²) in [5.41, 5.74) is 2.97. The predicted molar refractivity (Wildman–Crippen MR) is 150 cm³/mol. The summed E-state index contributed by atoms with van der Waals surface area (Å²) in [6, 6.07) is 0.404. The standard InChI is InChI=1S/C30H36ClN3O7/c1-33(2)24-18-8-15-7-17-21(25(36)20(15)27(38)30(18,41)28(39)22(26(24)37)29(32)40)19(35)9-16(23(17)31)12-34-10-13-3-4-14(11-34)6-5-13/h9,13-15,18,24,35-36,39,41H,3-8,10-12H2,1-2H3,(H2,32,40)/t13?,14?,15-,18-,24-,30-/m0/s1. The number of fused-ring (bicyclic) bond motifs is 7. The number of phenolic OH excluding ortho intramolecular Hbond substituents is 1. The lowest BCUT2D eigenvalue weighted by Crippen LogP contribution is -2.65. The Balaban J connectivity index is 1.43. The van der Waals surface area contributed by atoms with Gasteiger partial charge in [0.2, 0.25) is 5.78 Å². The number of nitrogens with zero attached hydrogens (tertiary/aromatic N) is 2. The number of rotatable bonds is 4. The number of carbonyl (C=O) groups excluding carboxylic acids is 3. The average Bonchev–Trinajstić information content (AvgIpc) is 3.21. The number of Topliss-reactive ketones (excluding diaryl/α,β-unsaturated/α-hetero) is 2. The van der Waals surface area contributed by atoms with Gasteiger partial charge < -0.3 is 26.2 Å². The number of nitrogens with two attached hydrogens (primary N) is 1. The Morgan fingerprint density at radius 1 is 1.12 bits per heavy atom. The van der Waals surface area contributed by atoms with Gasteiger partial charge >= 0.3 is 0 Å². The molecule has 2 bridgehead atoms. The minimum atomic E-state index is -2.66. The zero-order chi connectivity index (χ0) is 29.5. The Kier molecular flexibility index (Phi) is 6.76. The topological polar surface area (TPSA) is 165 Å². The normalized spacial score (nSPS) is 33.5. The Bertz CT molecular complexity index is 1410. The molecule has 4 aliphatic carbocycles. The number of aromatic hydroxyl groups is 1. The average molecular weight is 586 g/mol. The maximum absolute atomic E-state index is 13.9. The first kappa shape index (κ1) is 28.2. The second-order valence-electron chi connectivity index (χ2n) is 12.8. The zero-order valence-corrected chi connectivity index (χ0v) is 23.9. The highest BCUT2D eigenvalue weighted by Gasteiger charge is 2.64. The van der Waals surface area contributed by atoms with Crippen LogP contribution in [0, 0.1) is 23.7 Å². The molecule has 2 saturated heterocycles. The molecular weight excluding hydrogens is 550 g/mol. The second-order valence-corrected chi connectivity index (χ2v) is 13.1. The molecule has 0 spiro atoms. The van der Waals surface area contributed by atoms with Crippen molar-refractivity contribution in [3.05, 3.63) is 44.7 Å². The van der Waals surface area contributed by atoms with Crippen LogP contribution in [0.15, 0.2) is 23.0 Å². The zero-order valence-electron chi connectivity index (χ0n) is 23.2. The predicted octanol–water partition coefficient (Wildman–Crippen LogP) is 2.24. The van der Waals surface area contributed by atoms with E-state index in [1.54, 1.807) is 14.1 Å². The number of hydrogen-bond acceptors (Lipinski definition) is 9. The van der Waals surface area contributed by atoms with Gasteiger partial charge in [-0.1, -0.05) is 11.6 Å². The molecule has 2 heterocycles. The van der Waals surface area contributed by atoms with Crippen LogP contribution in [0.25, 0.3) is 5.76 Å². The highest BCUT2D eigenvalue weighted by molar-refractivity contribution is 6.32. The van der Waals surface area contributed by atoms with Gasteiger partial charge in [0.1, 0.15) is 22.8 Å². The first-order chi connectivity index (χ1) is 19.3. The third-order valence-electron chi connectivity index (χ3n) is 10.1. The number of halogens is 1. The van der Waals surface area contributed by atoms with E-state index in [4.69, 9.17) is 17.3 Å². The lowest BCUT2D eigenvalue weighted by molar-refractivity contribution is -0.153. The fourth-order valence-electron chi connectivity index (χ4n) is 8.23. The molecule has 7 rings (SSSR count). The third-order valence-corrected chi connectivity index (χ3v) is 10.6. The summed E-state index contributed by atoms with van der Waals surface area (Å²) in [6.45, 7) is 2.50. The van der Waals surface area contributed by atoms with Crippen LogP contribution in [0.5, 0.6) is 5.75 Å². The summed E-state index contributed by atoms with van der Waals surface area (Å²) >= 11 is 6.96. The number of benzene rings is 1. The van der Waals surface area contributed by atoms with Crippen LogP contribution in [0.3, 0.4) is 0 Å². The molecule has 4 fully saturated rings. The van der Waals surface area contributed by atoms with Crippen LogP contribution in [0.2, 0.25) is 5.02 Å². The van der Waals surface area contributed by atoms with Crippen molar-refractivity contribution in [2.75, 3.05) is 27.2 Å². The SMILES string of the molecule is CN(C)[C@@H]1C(=O)C(C(N)=O)=C(O)[C@@]2(O)C(=O)C3=C(O)c4c(O)cc(CN5CC6CCC(CC6)C5)c(Cl)c4C[C@H]3C[C@@H]12.